The minimum atomic E-state index is -0.279. The maximum absolute atomic E-state index is 11.8. The van der Waals surface area contributed by atoms with Gasteiger partial charge in [-0.3, -0.25) is 9.78 Å². The van der Waals surface area contributed by atoms with Gasteiger partial charge in [0.25, 0.3) is 0 Å². The first-order chi connectivity index (χ1) is 12.7. The number of carbonyl (C=O) groups excluding carboxylic acids is 1. The molecule has 1 aliphatic rings. The number of hydrogen-bond acceptors (Lipinski definition) is 4. The Balaban J connectivity index is 1.55. The third kappa shape index (κ3) is 4.20. The fourth-order valence-corrected chi connectivity index (χ4v) is 3.76. The van der Waals surface area contributed by atoms with Gasteiger partial charge in [0.1, 0.15) is 6.07 Å². The predicted molar refractivity (Wildman–Crippen MR) is 102 cm³/mol. The van der Waals surface area contributed by atoms with E-state index in [0.29, 0.717) is 5.92 Å². The van der Waals surface area contributed by atoms with Crippen molar-refractivity contribution in [1.29, 1.82) is 5.26 Å². The molecule has 0 aliphatic carbocycles. The van der Waals surface area contributed by atoms with Gasteiger partial charge in [0.05, 0.1) is 17.2 Å². The Morgan fingerprint density at radius 1 is 1.27 bits per heavy atom. The van der Waals surface area contributed by atoms with Crippen LogP contribution in [0.3, 0.4) is 0 Å². The van der Waals surface area contributed by atoms with Gasteiger partial charge in [0.15, 0.2) is 0 Å². The summed E-state index contributed by atoms with van der Waals surface area (Å²) < 4.78 is 0. The lowest BCUT2D eigenvalue weighted by atomic mass is 9.86. The first kappa shape index (κ1) is 17.9. The van der Waals surface area contributed by atoms with Crippen LogP contribution in [0, 0.1) is 17.2 Å². The number of piperidine rings is 1. The molecular formula is C21H24N4O. The molecule has 0 radical (unpaired) electrons. The number of anilines is 1. The number of pyridine rings is 1. The zero-order chi connectivity index (χ0) is 18.4. The SMILES string of the molecule is N#Cc1ccccc1N1CCC(CCC(C(N)=O)c2cccnc2)CC1. The zero-order valence-electron chi connectivity index (χ0n) is 14.8. The molecular weight excluding hydrogens is 324 g/mol. The highest BCUT2D eigenvalue weighted by molar-refractivity contribution is 5.81. The van der Waals surface area contributed by atoms with E-state index in [9.17, 15) is 10.1 Å². The van der Waals surface area contributed by atoms with Crippen LogP contribution in [-0.2, 0) is 4.79 Å². The number of aromatic nitrogens is 1. The second-order valence-electron chi connectivity index (χ2n) is 6.88. The number of nitriles is 1. The zero-order valence-corrected chi connectivity index (χ0v) is 14.8. The number of nitrogens with two attached hydrogens (primary N) is 1. The van der Waals surface area contributed by atoms with Gasteiger partial charge in [0, 0.05) is 25.5 Å². The summed E-state index contributed by atoms with van der Waals surface area (Å²) in [7, 11) is 0. The highest BCUT2D eigenvalue weighted by Gasteiger charge is 2.24. The molecule has 1 atom stereocenters. The van der Waals surface area contributed by atoms with E-state index in [-0.39, 0.29) is 11.8 Å². The van der Waals surface area contributed by atoms with Gasteiger partial charge in [-0.15, -0.1) is 0 Å². The Hall–Kier alpha value is -2.87. The summed E-state index contributed by atoms with van der Waals surface area (Å²) >= 11 is 0. The molecule has 2 heterocycles. The molecule has 2 N–H and O–H groups in total. The van der Waals surface area contributed by atoms with Crippen LogP contribution in [0.2, 0.25) is 0 Å². The quantitative estimate of drug-likeness (QED) is 0.869. The van der Waals surface area contributed by atoms with E-state index >= 15 is 0 Å². The third-order valence-electron chi connectivity index (χ3n) is 5.27. The molecule has 1 saturated heterocycles. The van der Waals surface area contributed by atoms with E-state index in [1.165, 1.54) is 0 Å². The smallest absolute Gasteiger partial charge is 0.225 e. The molecule has 5 heteroatoms. The lowest BCUT2D eigenvalue weighted by Gasteiger charge is -2.34. The topological polar surface area (TPSA) is 83.0 Å². The molecule has 0 saturated carbocycles. The van der Waals surface area contributed by atoms with Gasteiger partial charge < -0.3 is 10.6 Å². The van der Waals surface area contributed by atoms with E-state index in [2.05, 4.69) is 16.0 Å². The standard InChI is InChI=1S/C21H24N4O/c22-14-17-4-1-2-6-20(17)25-12-9-16(10-13-25)7-8-19(21(23)26)18-5-3-11-24-15-18/h1-6,11,15-16,19H,7-10,12-13H2,(H2,23,26). The number of benzene rings is 1. The summed E-state index contributed by atoms with van der Waals surface area (Å²) in [6.45, 7) is 1.88. The van der Waals surface area contributed by atoms with E-state index in [0.717, 1.165) is 55.6 Å². The van der Waals surface area contributed by atoms with Crippen LogP contribution in [0.1, 0.15) is 42.7 Å². The van der Waals surface area contributed by atoms with Gasteiger partial charge >= 0.3 is 0 Å². The minimum absolute atomic E-state index is 0.263. The Kier molecular flexibility index (Phi) is 5.85. The number of amides is 1. The molecule has 26 heavy (non-hydrogen) atoms. The van der Waals surface area contributed by atoms with E-state index in [1.807, 2.05) is 36.4 Å². The van der Waals surface area contributed by atoms with Crippen molar-refractivity contribution in [1.82, 2.24) is 4.98 Å². The highest BCUT2D eigenvalue weighted by atomic mass is 16.1. The molecule has 2 aromatic rings. The van der Waals surface area contributed by atoms with E-state index in [4.69, 9.17) is 5.73 Å². The Labute approximate surface area is 154 Å². The Bertz CT molecular complexity index is 776. The normalized spacial score (nSPS) is 16.0. The average molecular weight is 348 g/mol. The summed E-state index contributed by atoms with van der Waals surface area (Å²) in [6, 6.07) is 13.8. The van der Waals surface area contributed by atoms with Crippen LogP contribution >= 0.6 is 0 Å². The highest BCUT2D eigenvalue weighted by Crippen LogP contribution is 2.30. The van der Waals surface area contributed by atoms with Gasteiger partial charge in [0.2, 0.25) is 5.91 Å². The van der Waals surface area contributed by atoms with Gasteiger partial charge in [-0.25, -0.2) is 0 Å². The first-order valence-corrected chi connectivity index (χ1v) is 9.12. The van der Waals surface area contributed by atoms with Crippen molar-refractivity contribution in [2.75, 3.05) is 18.0 Å². The molecule has 1 aromatic carbocycles. The molecule has 1 aromatic heterocycles. The van der Waals surface area contributed by atoms with Crippen molar-refractivity contribution in [3.05, 3.63) is 59.9 Å². The van der Waals surface area contributed by atoms with Gasteiger partial charge in [-0.05, 0) is 55.4 Å². The van der Waals surface area contributed by atoms with Gasteiger partial charge in [-0.2, -0.15) is 5.26 Å². The average Bonchev–Trinajstić information content (AvgIpc) is 2.69. The summed E-state index contributed by atoms with van der Waals surface area (Å²) in [4.78, 5) is 18.2. The molecule has 5 nitrogen and oxygen atoms in total. The second kappa shape index (κ2) is 8.48. The molecule has 1 fully saturated rings. The number of nitrogens with zero attached hydrogens (tertiary/aromatic N) is 3. The molecule has 0 bridgehead atoms. The maximum Gasteiger partial charge on any atom is 0.225 e. The van der Waals surface area contributed by atoms with Crippen LogP contribution in [0.25, 0.3) is 0 Å². The van der Waals surface area contributed by atoms with Crippen LogP contribution in [-0.4, -0.2) is 24.0 Å². The minimum Gasteiger partial charge on any atom is -0.370 e. The summed E-state index contributed by atoms with van der Waals surface area (Å²) in [5, 5.41) is 9.28. The molecule has 1 aliphatic heterocycles. The lowest BCUT2D eigenvalue weighted by Crippen LogP contribution is -2.34. The van der Waals surface area contributed by atoms with Crippen molar-refractivity contribution in [3.8, 4) is 6.07 Å². The largest absolute Gasteiger partial charge is 0.370 e. The fraction of sp³-hybridized carbons (Fsp3) is 0.381. The monoisotopic (exact) mass is 348 g/mol. The van der Waals surface area contributed by atoms with Crippen molar-refractivity contribution < 1.29 is 4.79 Å². The van der Waals surface area contributed by atoms with Crippen molar-refractivity contribution >= 4 is 11.6 Å². The number of carbonyl (C=O) groups is 1. The van der Waals surface area contributed by atoms with E-state index in [1.54, 1.807) is 12.4 Å². The predicted octanol–water partition coefficient (Wildman–Crippen LogP) is 3.22. The molecule has 0 spiro atoms. The van der Waals surface area contributed by atoms with Gasteiger partial charge in [-0.1, -0.05) is 18.2 Å². The second-order valence-corrected chi connectivity index (χ2v) is 6.88. The Morgan fingerprint density at radius 2 is 2.04 bits per heavy atom. The number of rotatable bonds is 6. The summed E-state index contributed by atoms with van der Waals surface area (Å²) in [5.74, 6) is 0.0402. The molecule has 1 amide bonds. The van der Waals surface area contributed by atoms with Crippen molar-refractivity contribution in [2.45, 2.75) is 31.6 Å². The first-order valence-electron chi connectivity index (χ1n) is 9.12. The molecule has 1 unspecified atom stereocenters. The molecule has 134 valence electrons. The van der Waals surface area contributed by atoms with Crippen molar-refractivity contribution in [3.63, 3.8) is 0 Å². The van der Waals surface area contributed by atoms with Crippen LogP contribution in [0.15, 0.2) is 48.8 Å². The summed E-state index contributed by atoms with van der Waals surface area (Å²) in [5.41, 5.74) is 8.27. The Morgan fingerprint density at radius 3 is 2.69 bits per heavy atom. The molecule has 3 rings (SSSR count). The van der Waals surface area contributed by atoms with E-state index < -0.39 is 0 Å². The van der Waals surface area contributed by atoms with Crippen molar-refractivity contribution in [2.24, 2.45) is 11.7 Å². The maximum atomic E-state index is 11.8. The number of primary amides is 1. The summed E-state index contributed by atoms with van der Waals surface area (Å²) in [6.07, 6.45) is 7.32. The number of hydrogen-bond donors (Lipinski definition) is 1. The fourth-order valence-electron chi connectivity index (χ4n) is 3.76. The third-order valence-corrected chi connectivity index (χ3v) is 5.27. The number of para-hydroxylation sites is 1. The van der Waals surface area contributed by atoms with Crippen LogP contribution in [0.4, 0.5) is 5.69 Å². The lowest BCUT2D eigenvalue weighted by molar-refractivity contribution is -0.119. The van der Waals surface area contributed by atoms with Crippen LogP contribution < -0.4 is 10.6 Å². The van der Waals surface area contributed by atoms with Crippen LogP contribution in [0.5, 0.6) is 0 Å².